The number of ether oxygens (including phenoxy) is 1. The summed E-state index contributed by atoms with van der Waals surface area (Å²) < 4.78 is 5.47. The van der Waals surface area contributed by atoms with E-state index in [0.717, 1.165) is 89.0 Å². The minimum atomic E-state index is 0.141. The molecule has 0 amide bonds. The molecule has 206 valence electrons. The molecule has 1 aromatic heterocycles. The largest absolute Gasteiger partial charge is 0.381 e. The van der Waals surface area contributed by atoms with Crippen LogP contribution in [-0.4, -0.2) is 86.3 Å². The Morgan fingerprint density at radius 1 is 1.16 bits per heavy atom. The highest BCUT2D eigenvalue weighted by atomic mass is 16.5. The molecule has 1 aromatic carbocycles. The lowest BCUT2D eigenvalue weighted by atomic mass is 9.87. The highest BCUT2D eigenvalue weighted by molar-refractivity contribution is 5.90. The van der Waals surface area contributed by atoms with Crippen molar-refractivity contribution in [1.29, 1.82) is 0 Å². The molecular formula is C31H46N6O. The van der Waals surface area contributed by atoms with E-state index in [1.165, 1.54) is 35.1 Å². The van der Waals surface area contributed by atoms with Crippen LogP contribution in [0.3, 0.4) is 0 Å². The molecule has 7 nitrogen and oxygen atoms in total. The van der Waals surface area contributed by atoms with Crippen LogP contribution in [-0.2, 0) is 16.7 Å². The first kappa shape index (κ1) is 27.1. The van der Waals surface area contributed by atoms with Gasteiger partial charge in [0.15, 0.2) is 0 Å². The van der Waals surface area contributed by atoms with E-state index in [9.17, 15) is 0 Å². The van der Waals surface area contributed by atoms with Gasteiger partial charge in [-0.15, -0.1) is 0 Å². The molecule has 0 spiro atoms. The first-order chi connectivity index (χ1) is 18.4. The minimum Gasteiger partial charge on any atom is -0.381 e. The summed E-state index contributed by atoms with van der Waals surface area (Å²) in [5.74, 6) is 2.69. The molecule has 3 heterocycles. The smallest absolute Gasteiger partial charge is 0.140 e. The van der Waals surface area contributed by atoms with Crippen LogP contribution in [0.2, 0.25) is 0 Å². The number of allylic oxidation sites excluding steroid dienone is 3. The molecule has 38 heavy (non-hydrogen) atoms. The number of nitrogens with one attached hydrogen (secondary N) is 1. The average Bonchev–Trinajstić information content (AvgIpc) is 3.70. The lowest BCUT2D eigenvalue weighted by Crippen LogP contribution is -2.40. The topological polar surface area (TPSA) is 56.8 Å². The predicted octanol–water partition coefficient (Wildman–Crippen LogP) is 4.34. The number of hydrogen-bond acceptors (Lipinski definition) is 7. The van der Waals surface area contributed by atoms with Crippen molar-refractivity contribution >= 4 is 16.7 Å². The molecule has 5 rings (SSSR count). The van der Waals surface area contributed by atoms with Crippen LogP contribution >= 0.6 is 0 Å². The zero-order chi connectivity index (χ0) is 26.7. The van der Waals surface area contributed by atoms with Crippen LogP contribution in [0.15, 0.2) is 42.1 Å². The number of rotatable bonds is 10. The summed E-state index contributed by atoms with van der Waals surface area (Å²) in [6.45, 7) is 17.4. The number of morpholine rings is 1. The highest BCUT2D eigenvalue weighted by Crippen LogP contribution is 2.47. The molecule has 2 saturated heterocycles. The standard InChI is InChI=1S/C31H46N6O/c1-6-26(23(2)35(4)5)25-9-14-37(15-10-25)29-27-21-24(22-32-13-16-36-17-19-38-20-18-36)7-8-28(27)33-30(34-29)31(3)11-12-31/h6-8,21,25,32H,1,9-20,22H2,2-5H3/b26-23+. The van der Waals surface area contributed by atoms with Gasteiger partial charge < -0.3 is 19.9 Å². The third-order valence-electron chi connectivity index (χ3n) is 8.86. The molecule has 2 aliphatic heterocycles. The lowest BCUT2D eigenvalue weighted by molar-refractivity contribution is 0.0384. The van der Waals surface area contributed by atoms with Crippen LogP contribution in [0.25, 0.3) is 10.9 Å². The second kappa shape index (κ2) is 11.7. The number of benzene rings is 1. The average molecular weight is 519 g/mol. The molecule has 0 atom stereocenters. The van der Waals surface area contributed by atoms with Gasteiger partial charge in [-0.1, -0.05) is 25.6 Å². The summed E-state index contributed by atoms with van der Waals surface area (Å²) in [5, 5.41) is 4.84. The van der Waals surface area contributed by atoms with Gasteiger partial charge >= 0.3 is 0 Å². The Morgan fingerprint density at radius 3 is 2.55 bits per heavy atom. The Labute approximate surface area is 228 Å². The summed E-state index contributed by atoms with van der Waals surface area (Å²) in [6.07, 6.45) is 6.67. The van der Waals surface area contributed by atoms with Crippen molar-refractivity contribution in [2.75, 3.05) is 71.5 Å². The summed E-state index contributed by atoms with van der Waals surface area (Å²) in [5.41, 5.74) is 5.22. The van der Waals surface area contributed by atoms with Gasteiger partial charge in [-0.2, -0.15) is 0 Å². The van der Waals surface area contributed by atoms with E-state index in [4.69, 9.17) is 14.7 Å². The molecule has 0 bridgehead atoms. The van der Waals surface area contributed by atoms with Gasteiger partial charge in [0.05, 0.1) is 18.7 Å². The van der Waals surface area contributed by atoms with Crippen molar-refractivity contribution in [2.24, 2.45) is 5.92 Å². The van der Waals surface area contributed by atoms with Crippen LogP contribution < -0.4 is 10.2 Å². The molecule has 7 heteroatoms. The Kier molecular flexibility index (Phi) is 8.36. The quantitative estimate of drug-likeness (QED) is 0.371. The maximum Gasteiger partial charge on any atom is 0.140 e. The van der Waals surface area contributed by atoms with Gasteiger partial charge in [-0.3, -0.25) is 4.90 Å². The van der Waals surface area contributed by atoms with E-state index < -0.39 is 0 Å². The molecule has 3 fully saturated rings. The fraction of sp³-hybridized carbons (Fsp3) is 0.613. The van der Waals surface area contributed by atoms with Crippen LogP contribution in [0.5, 0.6) is 0 Å². The summed E-state index contributed by atoms with van der Waals surface area (Å²) in [6, 6.07) is 6.76. The van der Waals surface area contributed by atoms with Crippen LogP contribution in [0, 0.1) is 5.92 Å². The molecule has 0 radical (unpaired) electrons. The minimum absolute atomic E-state index is 0.141. The van der Waals surface area contributed by atoms with Crippen molar-refractivity contribution in [3.63, 3.8) is 0 Å². The SMILES string of the molecule is C=C/C(=C(/C)N(C)C)C1CCN(c2nc(C3(C)CC3)nc3ccc(CNCCN4CCOCC4)cc23)CC1. The molecule has 1 aliphatic carbocycles. The Balaban J connectivity index is 1.33. The number of hydrogen-bond donors (Lipinski definition) is 1. The van der Waals surface area contributed by atoms with E-state index in [2.05, 4.69) is 78.8 Å². The normalized spacial score (nSPS) is 20.9. The summed E-state index contributed by atoms with van der Waals surface area (Å²) in [7, 11) is 4.24. The molecular weight excluding hydrogens is 472 g/mol. The second-order valence-electron chi connectivity index (χ2n) is 11.8. The first-order valence-electron chi connectivity index (χ1n) is 14.5. The van der Waals surface area contributed by atoms with E-state index in [-0.39, 0.29) is 5.41 Å². The Morgan fingerprint density at radius 2 is 1.89 bits per heavy atom. The van der Waals surface area contributed by atoms with Gasteiger partial charge in [-0.25, -0.2) is 9.97 Å². The maximum absolute atomic E-state index is 5.47. The second-order valence-corrected chi connectivity index (χ2v) is 11.8. The summed E-state index contributed by atoms with van der Waals surface area (Å²) >= 11 is 0. The van der Waals surface area contributed by atoms with Gasteiger partial charge in [0.2, 0.25) is 0 Å². The van der Waals surface area contributed by atoms with Gasteiger partial charge in [0.1, 0.15) is 11.6 Å². The number of nitrogens with zero attached hydrogens (tertiary/aromatic N) is 5. The molecule has 0 unspecified atom stereocenters. The van der Waals surface area contributed by atoms with E-state index >= 15 is 0 Å². The monoisotopic (exact) mass is 518 g/mol. The number of anilines is 1. The zero-order valence-electron chi connectivity index (χ0n) is 23.9. The molecule has 3 aliphatic rings. The van der Waals surface area contributed by atoms with Crippen LogP contribution in [0.4, 0.5) is 5.82 Å². The van der Waals surface area contributed by atoms with E-state index in [0.29, 0.717) is 5.92 Å². The maximum atomic E-state index is 5.47. The van der Waals surface area contributed by atoms with Crippen molar-refractivity contribution < 1.29 is 4.74 Å². The fourth-order valence-electron chi connectivity index (χ4n) is 5.76. The van der Waals surface area contributed by atoms with Crippen molar-refractivity contribution in [3.05, 3.63) is 53.5 Å². The number of fused-ring (bicyclic) bond motifs is 1. The van der Waals surface area contributed by atoms with E-state index in [1.54, 1.807) is 0 Å². The zero-order valence-corrected chi connectivity index (χ0v) is 23.9. The van der Waals surface area contributed by atoms with Gasteiger partial charge in [0.25, 0.3) is 0 Å². The molecule has 1 N–H and O–H groups in total. The van der Waals surface area contributed by atoms with Gasteiger partial charge in [-0.05, 0) is 61.8 Å². The highest BCUT2D eigenvalue weighted by Gasteiger charge is 2.42. The summed E-state index contributed by atoms with van der Waals surface area (Å²) in [4.78, 5) is 17.5. The number of piperidine rings is 1. The van der Waals surface area contributed by atoms with Crippen molar-refractivity contribution in [1.82, 2.24) is 25.1 Å². The predicted molar refractivity (Wildman–Crippen MR) is 157 cm³/mol. The Hall–Kier alpha value is -2.48. The van der Waals surface area contributed by atoms with Crippen molar-refractivity contribution in [3.8, 4) is 0 Å². The number of aromatic nitrogens is 2. The third-order valence-corrected chi connectivity index (χ3v) is 8.86. The molecule has 1 saturated carbocycles. The fourth-order valence-corrected chi connectivity index (χ4v) is 5.76. The van der Waals surface area contributed by atoms with Gasteiger partial charge in [0, 0.05) is 76.4 Å². The lowest BCUT2D eigenvalue weighted by Gasteiger charge is -2.35. The van der Waals surface area contributed by atoms with E-state index in [1.807, 2.05) is 0 Å². The Bertz CT molecular complexity index is 1160. The van der Waals surface area contributed by atoms with Crippen LogP contribution in [0.1, 0.15) is 50.9 Å². The molecule has 2 aromatic rings. The first-order valence-corrected chi connectivity index (χ1v) is 14.5. The van der Waals surface area contributed by atoms with Crippen molar-refractivity contribution in [2.45, 2.75) is 51.5 Å². The third kappa shape index (κ3) is 6.05.